The normalized spacial score (nSPS) is 24.0. The van der Waals surface area contributed by atoms with Crippen molar-refractivity contribution < 1.29 is 19.4 Å². The van der Waals surface area contributed by atoms with Gasteiger partial charge in [0.05, 0.1) is 0 Å². The monoisotopic (exact) mass is 317 g/mol. The van der Waals surface area contributed by atoms with Gasteiger partial charge in [0.1, 0.15) is 5.75 Å². The summed E-state index contributed by atoms with van der Waals surface area (Å²) in [5, 5.41) is 11.5. The Labute approximate surface area is 136 Å². The van der Waals surface area contributed by atoms with Crippen LogP contribution >= 0.6 is 0 Å². The van der Waals surface area contributed by atoms with Gasteiger partial charge in [-0.3, -0.25) is 4.79 Å². The molecule has 0 saturated heterocycles. The van der Waals surface area contributed by atoms with Crippen LogP contribution < -0.4 is 10.1 Å². The molecule has 2 aliphatic rings. The van der Waals surface area contributed by atoms with Crippen LogP contribution in [0.15, 0.2) is 24.3 Å². The standard InChI is InChI=1S/C18H23NO4/c20-17(21)11-23-14-8-6-13(7-9-14)19-18(22)16-10-15(16)12-4-2-1-3-5-12/h6-9,12,15-16H,1-5,10-11H2,(H,19,22)(H,20,21). The smallest absolute Gasteiger partial charge is 0.341 e. The van der Waals surface area contributed by atoms with Gasteiger partial charge in [0.2, 0.25) is 5.91 Å². The first kappa shape index (κ1) is 15.8. The number of rotatable bonds is 6. The summed E-state index contributed by atoms with van der Waals surface area (Å²) in [5.74, 6) is 1.07. The maximum atomic E-state index is 12.3. The van der Waals surface area contributed by atoms with Gasteiger partial charge in [-0.05, 0) is 42.5 Å². The number of ether oxygens (including phenoxy) is 1. The van der Waals surface area contributed by atoms with Gasteiger partial charge >= 0.3 is 5.97 Å². The molecule has 1 amide bonds. The van der Waals surface area contributed by atoms with E-state index >= 15 is 0 Å². The summed E-state index contributed by atoms with van der Waals surface area (Å²) in [6, 6.07) is 6.83. The number of amides is 1. The van der Waals surface area contributed by atoms with Crippen LogP contribution in [0.2, 0.25) is 0 Å². The van der Waals surface area contributed by atoms with E-state index in [1.165, 1.54) is 32.1 Å². The Morgan fingerprint density at radius 1 is 1.13 bits per heavy atom. The average Bonchev–Trinajstić information content (AvgIpc) is 3.36. The number of hydrogen-bond acceptors (Lipinski definition) is 3. The number of hydrogen-bond donors (Lipinski definition) is 2. The summed E-state index contributed by atoms with van der Waals surface area (Å²) in [6.45, 7) is -0.364. The third kappa shape index (κ3) is 4.24. The molecule has 0 heterocycles. The average molecular weight is 317 g/mol. The number of carboxylic acid groups (broad SMARTS) is 1. The fourth-order valence-corrected chi connectivity index (χ4v) is 3.61. The Hall–Kier alpha value is -2.04. The van der Waals surface area contributed by atoms with Gasteiger partial charge in [-0.15, -0.1) is 0 Å². The second-order valence-electron chi connectivity index (χ2n) is 6.60. The van der Waals surface area contributed by atoms with Gasteiger partial charge in [-0.1, -0.05) is 32.1 Å². The molecule has 0 radical (unpaired) electrons. The molecule has 2 aliphatic carbocycles. The maximum absolute atomic E-state index is 12.3. The van der Waals surface area contributed by atoms with Gasteiger partial charge in [-0.2, -0.15) is 0 Å². The molecule has 2 atom stereocenters. The van der Waals surface area contributed by atoms with Gasteiger partial charge < -0.3 is 15.2 Å². The summed E-state index contributed by atoms with van der Waals surface area (Å²) in [7, 11) is 0. The predicted molar refractivity (Wildman–Crippen MR) is 86.4 cm³/mol. The van der Waals surface area contributed by atoms with Gasteiger partial charge in [0.15, 0.2) is 6.61 Å². The van der Waals surface area contributed by atoms with E-state index in [1.54, 1.807) is 24.3 Å². The summed E-state index contributed by atoms with van der Waals surface area (Å²) >= 11 is 0. The molecule has 0 spiro atoms. The fraction of sp³-hybridized carbons (Fsp3) is 0.556. The van der Waals surface area contributed by atoms with Crippen molar-refractivity contribution >= 4 is 17.6 Å². The first-order valence-electron chi connectivity index (χ1n) is 8.39. The molecule has 23 heavy (non-hydrogen) atoms. The number of nitrogens with one attached hydrogen (secondary N) is 1. The Morgan fingerprint density at radius 2 is 1.83 bits per heavy atom. The summed E-state index contributed by atoms with van der Waals surface area (Å²) in [6.07, 6.45) is 7.56. The Bertz CT molecular complexity index is 563. The molecule has 2 saturated carbocycles. The Kier molecular flexibility index (Phi) is 4.84. The van der Waals surface area contributed by atoms with Crippen LogP contribution in [0.3, 0.4) is 0 Å². The van der Waals surface area contributed by atoms with Crippen molar-refractivity contribution in [2.45, 2.75) is 38.5 Å². The molecular weight excluding hydrogens is 294 g/mol. The Balaban J connectivity index is 1.47. The molecule has 1 aromatic rings. The van der Waals surface area contributed by atoms with Crippen molar-refractivity contribution in [3.63, 3.8) is 0 Å². The van der Waals surface area contributed by atoms with Crippen LogP contribution in [0, 0.1) is 17.8 Å². The molecule has 2 N–H and O–H groups in total. The van der Waals surface area contributed by atoms with Crippen molar-refractivity contribution in [3.05, 3.63) is 24.3 Å². The number of carbonyl (C=O) groups excluding carboxylic acids is 1. The van der Waals surface area contributed by atoms with Crippen LogP contribution in [-0.4, -0.2) is 23.6 Å². The summed E-state index contributed by atoms with van der Waals surface area (Å²) in [5.41, 5.74) is 0.729. The SMILES string of the molecule is O=C(O)COc1ccc(NC(=O)C2CC2C2CCCCC2)cc1. The second-order valence-corrected chi connectivity index (χ2v) is 6.60. The first-order chi connectivity index (χ1) is 11.1. The third-order valence-electron chi connectivity index (χ3n) is 4.92. The zero-order chi connectivity index (χ0) is 16.2. The molecular formula is C18H23NO4. The molecule has 124 valence electrons. The highest BCUT2D eigenvalue weighted by atomic mass is 16.5. The molecule has 2 fully saturated rings. The van der Waals surface area contributed by atoms with E-state index in [0.717, 1.165) is 18.0 Å². The van der Waals surface area contributed by atoms with E-state index in [-0.39, 0.29) is 18.4 Å². The van der Waals surface area contributed by atoms with E-state index in [0.29, 0.717) is 11.7 Å². The molecule has 5 heteroatoms. The number of benzene rings is 1. The minimum absolute atomic E-state index is 0.111. The van der Waals surface area contributed by atoms with Crippen LogP contribution in [0.25, 0.3) is 0 Å². The minimum Gasteiger partial charge on any atom is -0.482 e. The zero-order valence-electron chi connectivity index (χ0n) is 13.2. The lowest BCUT2D eigenvalue weighted by Gasteiger charge is -2.21. The van der Waals surface area contributed by atoms with Crippen LogP contribution in [0.1, 0.15) is 38.5 Å². The lowest BCUT2D eigenvalue weighted by Crippen LogP contribution is -2.18. The van der Waals surface area contributed by atoms with Gasteiger partial charge in [0, 0.05) is 11.6 Å². The number of carbonyl (C=O) groups is 2. The zero-order valence-corrected chi connectivity index (χ0v) is 13.2. The number of aliphatic carboxylic acids is 1. The van der Waals surface area contributed by atoms with Crippen molar-refractivity contribution in [3.8, 4) is 5.75 Å². The van der Waals surface area contributed by atoms with Crippen molar-refractivity contribution in [2.24, 2.45) is 17.8 Å². The molecule has 1 aromatic carbocycles. The fourth-order valence-electron chi connectivity index (χ4n) is 3.61. The van der Waals surface area contributed by atoms with E-state index in [4.69, 9.17) is 9.84 Å². The van der Waals surface area contributed by atoms with E-state index in [1.807, 2.05) is 0 Å². The summed E-state index contributed by atoms with van der Waals surface area (Å²) in [4.78, 5) is 22.8. The lowest BCUT2D eigenvalue weighted by atomic mass is 9.85. The van der Waals surface area contributed by atoms with Gasteiger partial charge in [0.25, 0.3) is 0 Å². The van der Waals surface area contributed by atoms with Crippen LogP contribution in [-0.2, 0) is 9.59 Å². The second kappa shape index (κ2) is 7.02. The highest BCUT2D eigenvalue weighted by Crippen LogP contribution is 2.49. The highest BCUT2D eigenvalue weighted by Gasteiger charge is 2.47. The molecule has 3 rings (SSSR count). The van der Waals surface area contributed by atoms with Crippen LogP contribution in [0.4, 0.5) is 5.69 Å². The van der Waals surface area contributed by atoms with E-state index in [2.05, 4.69) is 5.32 Å². The molecule has 0 aromatic heterocycles. The quantitative estimate of drug-likeness (QED) is 0.844. The topological polar surface area (TPSA) is 75.6 Å². The minimum atomic E-state index is -1.01. The predicted octanol–water partition coefficient (Wildman–Crippen LogP) is 3.30. The number of anilines is 1. The largest absolute Gasteiger partial charge is 0.482 e. The third-order valence-corrected chi connectivity index (χ3v) is 4.92. The van der Waals surface area contributed by atoms with Crippen molar-refractivity contribution in [2.75, 3.05) is 11.9 Å². The molecule has 5 nitrogen and oxygen atoms in total. The maximum Gasteiger partial charge on any atom is 0.341 e. The van der Waals surface area contributed by atoms with Crippen LogP contribution in [0.5, 0.6) is 5.75 Å². The van der Waals surface area contributed by atoms with E-state index < -0.39 is 5.97 Å². The molecule has 0 bridgehead atoms. The first-order valence-corrected chi connectivity index (χ1v) is 8.39. The van der Waals surface area contributed by atoms with Gasteiger partial charge in [-0.25, -0.2) is 4.79 Å². The number of carboxylic acids is 1. The van der Waals surface area contributed by atoms with Crippen molar-refractivity contribution in [1.82, 2.24) is 0 Å². The van der Waals surface area contributed by atoms with E-state index in [9.17, 15) is 9.59 Å². The molecule has 0 aliphatic heterocycles. The molecule has 2 unspecified atom stereocenters. The lowest BCUT2D eigenvalue weighted by molar-refractivity contribution is -0.139. The summed E-state index contributed by atoms with van der Waals surface area (Å²) < 4.78 is 5.07. The Morgan fingerprint density at radius 3 is 2.48 bits per heavy atom. The highest BCUT2D eigenvalue weighted by molar-refractivity contribution is 5.94. The van der Waals surface area contributed by atoms with Crippen molar-refractivity contribution in [1.29, 1.82) is 0 Å².